The Kier molecular flexibility index (Phi) is 6.90. The molecule has 0 aromatic carbocycles. The van der Waals surface area contributed by atoms with Crippen molar-refractivity contribution in [3.8, 4) is 0 Å². The van der Waals surface area contributed by atoms with Crippen LogP contribution in [0.1, 0.15) is 26.7 Å². The van der Waals surface area contributed by atoms with Gasteiger partial charge in [0, 0.05) is 0 Å². The van der Waals surface area contributed by atoms with Crippen molar-refractivity contribution < 1.29 is 9.46 Å². The summed E-state index contributed by atoms with van der Waals surface area (Å²) in [4.78, 5) is 8.86. The van der Waals surface area contributed by atoms with E-state index in [0.717, 1.165) is 18.1 Å². The summed E-state index contributed by atoms with van der Waals surface area (Å²) in [6.07, 6.45) is 2.02. The van der Waals surface area contributed by atoms with Crippen molar-refractivity contribution in [2.75, 3.05) is 0 Å². The van der Waals surface area contributed by atoms with E-state index >= 15 is 0 Å². The summed E-state index contributed by atoms with van der Waals surface area (Å²) in [5.74, 6) is 0. The Hall–Kier alpha value is 0.722. The molecule has 2 unspecified atom stereocenters. The molecule has 0 heterocycles. The van der Waals surface area contributed by atoms with Crippen molar-refractivity contribution in [1.82, 2.24) is 0 Å². The molecule has 0 radical (unpaired) electrons. The van der Waals surface area contributed by atoms with Crippen molar-refractivity contribution >= 4 is 23.2 Å². The highest BCUT2D eigenvalue weighted by molar-refractivity contribution is 7.41. The van der Waals surface area contributed by atoms with E-state index in [-0.39, 0.29) is 19.7 Å². The molecule has 0 amide bonds. The Labute approximate surface area is 69.6 Å². The average Bonchev–Trinajstić information content (AvgIpc) is 1.87. The van der Waals surface area contributed by atoms with E-state index in [1.54, 1.807) is 0 Å². The molecule has 0 bridgehead atoms. The van der Waals surface area contributed by atoms with Crippen LogP contribution in [0.5, 0.6) is 0 Å². The van der Waals surface area contributed by atoms with Crippen LogP contribution in [0.25, 0.3) is 0 Å². The molecule has 0 fully saturated rings. The number of hydrogen-bond donors (Lipinski definition) is 1. The zero-order chi connectivity index (χ0) is 7.98. The first kappa shape index (κ1) is 10.7. The van der Waals surface area contributed by atoms with Gasteiger partial charge in [0.1, 0.15) is 0 Å². The monoisotopic (exact) mass is 178 g/mol. The summed E-state index contributed by atoms with van der Waals surface area (Å²) >= 11 is -0.240. The quantitative estimate of drug-likeness (QED) is 0.511. The topological polar surface area (TPSA) is 37.3 Å². The first-order valence-corrected chi connectivity index (χ1v) is 7.20. The second-order valence-corrected chi connectivity index (χ2v) is 7.48. The van der Waals surface area contributed by atoms with Gasteiger partial charge in [-0.2, -0.15) is 0 Å². The Morgan fingerprint density at radius 3 is 2.50 bits per heavy atom. The van der Waals surface area contributed by atoms with E-state index in [4.69, 9.17) is 4.89 Å². The van der Waals surface area contributed by atoms with Gasteiger partial charge in [0.2, 0.25) is 0 Å². The van der Waals surface area contributed by atoms with Gasteiger partial charge in [-0.3, -0.25) is 4.57 Å². The molecule has 0 aromatic heterocycles. The molecule has 10 heavy (non-hydrogen) atoms. The fourth-order valence-electron chi connectivity index (χ4n) is 1.09. The Bertz CT molecular complexity index is 102. The van der Waals surface area contributed by atoms with Gasteiger partial charge in [-0.1, -0.05) is 32.0 Å². The maximum atomic E-state index is 10.7. The van der Waals surface area contributed by atoms with Crippen LogP contribution in [-0.2, 0) is 4.57 Å². The molecule has 0 aliphatic heterocycles. The lowest BCUT2D eigenvalue weighted by Gasteiger charge is -2.07. The number of rotatable bonds is 5. The second kappa shape index (κ2) is 6.43. The Morgan fingerprint density at radius 1 is 1.60 bits per heavy atom. The molecular weight excluding hydrogens is 162 g/mol. The van der Waals surface area contributed by atoms with Crippen molar-refractivity contribution in [1.29, 1.82) is 0 Å². The van der Waals surface area contributed by atoms with Crippen LogP contribution < -0.4 is 0 Å². The summed E-state index contributed by atoms with van der Waals surface area (Å²) < 4.78 is 10.9. The van der Waals surface area contributed by atoms with Crippen LogP contribution in [0, 0.1) is 0 Å². The third-order valence-electron chi connectivity index (χ3n) is 1.62. The van der Waals surface area contributed by atoms with Crippen molar-refractivity contribution in [3.63, 3.8) is 0 Å². The summed E-state index contributed by atoms with van der Waals surface area (Å²) in [6, 6.07) is 0. The van der Waals surface area contributed by atoms with Gasteiger partial charge >= 0.3 is 0 Å². The lowest BCUT2D eigenvalue weighted by atomic mass is 10.4. The zero-order valence-electron chi connectivity index (χ0n) is 6.76. The van der Waals surface area contributed by atoms with E-state index in [1.807, 2.05) is 0 Å². The first-order chi connectivity index (χ1) is 4.72. The van der Waals surface area contributed by atoms with Gasteiger partial charge in [-0.05, 0) is 4.52 Å². The highest BCUT2D eigenvalue weighted by Crippen LogP contribution is 2.25. The largest absolute Gasteiger partial charge is 0.347 e. The second-order valence-electron chi connectivity index (χ2n) is 2.61. The van der Waals surface area contributed by atoms with E-state index < -0.39 is 8.03 Å². The molecule has 0 saturated carbocycles. The third-order valence-corrected chi connectivity index (χ3v) is 6.21. The molecule has 4 heteroatoms. The van der Waals surface area contributed by atoms with Gasteiger partial charge in [-0.15, -0.1) is 0 Å². The van der Waals surface area contributed by atoms with Crippen molar-refractivity contribution in [2.24, 2.45) is 0 Å². The third kappa shape index (κ3) is 4.52. The van der Waals surface area contributed by atoms with Crippen molar-refractivity contribution in [2.45, 2.75) is 36.5 Å². The van der Waals surface area contributed by atoms with Crippen LogP contribution in [0.3, 0.4) is 0 Å². The maximum absolute atomic E-state index is 10.7. The van der Waals surface area contributed by atoms with Gasteiger partial charge in [-0.25, -0.2) is 0 Å². The lowest BCUT2D eigenvalue weighted by Crippen LogP contribution is -2.10. The fourth-order valence-corrected chi connectivity index (χ4v) is 4.87. The first-order valence-electron chi connectivity index (χ1n) is 3.95. The minimum absolute atomic E-state index is 0.222. The summed E-state index contributed by atoms with van der Waals surface area (Å²) in [5, 5.41) is 1.15. The van der Waals surface area contributed by atoms with Crippen LogP contribution in [0.4, 0.5) is 0 Å². The molecule has 0 aliphatic rings. The molecule has 2 atom stereocenters. The normalized spacial score (nSPS) is 16.3. The van der Waals surface area contributed by atoms with Crippen molar-refractivity contribution in [3.05, 3.63) is 0 Å². The van der Waals surface area contributed by atoms with E-state index in [0.29, 0.717) is 0 Å². The Balaban J connectivity index is 3.61. The molecule has 0 aliphatic carbocycles. The maximum Gasteiger partial charge on any atom is 0.255 e. The predicted molar refractivity (Wildman–Crippen MR) is 47.5 cm³/mol. The van der Waals surface area contributed by atoms with Crippen LogP contribution in [0.2, 0.25) is 5.28 Å². The van der Waals surface area contributed by atoms with E-state index in [2.05, 4.69) is 13.8 Å². The van der Waals surface area contributed by atoms with E-state index in [9.17, 15) is 4.57 Å². The molecule has 0 saturated heterocycles. The zero-order valence-corrected chi connectivity index (χ0v) is 9.18. The van der Waals surface area contributed by atoms with Crippen LogP contribution in [-0.4, -0.2) is 24.6 Å². The smallest absolute Gasteiger partial charge is 0.255 e. The van der Waals surface area contributed by atoms with Gasteiger partial charge in [0.25, 0.3) is 15.2 Å². The predicted octanol–water partition coefficient (Wildman–Crippen LogP) is 1.45. The fraction of sp³-hybridized carbons (Fsp3) is 1.00. The number of hydrogen-bond acceptors (Lipinski definition) is 1. The van der Waals surface area contributed by atoms with Gasteiger partial charge in [0.05, 0.1) is 0 Å². The van der Waals surface area contributed by atoms with Gasteiger partial charge in [0.15, 0.2) is 8.03 Å². The molecular formula is C6H16AlO2P. The highest BCUT2D eigenvalue weighted by Gasteiger charge is 2.13. The standard InChI is InChI=1S/C4H10O2P.C2H5.Al.H/c1-2-3-4-7(5)6;1-2;;/h4,7H,2-3H2,1H3,(H,5,6);1H2,2H3;;. The van der Waals surface area contributed by atoms with Crippen LogP contribution >= 0.6 is 8.03 Å². The molecule has 1 N–H and O–H groups in total. The van der Waals surface area contributed by atoms with Gasteiger partial charge < -0.3 is 4.89 Å². The molecule has 2 nitrogen and oxygen atoms in total. The molecule has 60 valence electrons. The SMILES string of the molecule is CCC[CH]([AlH][CH2]C)[PH](=O)O. The lowest BCUT2D eigenvalue weighted by molar-refractivity contribution is 0.496. The molecule has 0 aromatic rings. The highest BCUT2D eigenvalue weighted by atomic mass is 31.1. The molecule has 0 rings (SSSR count). The Morgan fingerprint density at radius 2 is 2.20 bits per heavy atom. The average molecular weight is 178 g/mol. The molecule has 0 spiro atoms. The minimum atomic E-state index is -2.19. The minimum Gasteiger partial charge on any atom is -0.347 e. The van der Waals surface area contributed by atoms with Crippen LogP contribution in [0.15, 0.2) is 0 Å². The summed E-state index contributed by atoms with van der Waals surface area (Å²) in [7, 11) is -2.19. The summed E-state index contributed by atoms with van der Waals surface area (Å²) in [5.41, 5.74) is 0. The van der Waals surface area contributed by atoms with E-state index in [1.165, 1.54) is 0 Å². The summed E-state index contributed by atoms with van der Waals surface area (Å²) in [6.45, 7) is 4.18.